The molecule has 1 saturated heterocycles. The van der Waals surface area contributed by atoms with Gasteiger partial charge in [0.2, 0.25) is 5.72 Å². The summed E-state index contributed by atoms with van der Waals surface area (Å²) in [5.41, 5.74) is 1.53. The summed E-state index contributed by atoms with van der Waals surface area (Å²) in [7, 11) is 0. The zero-order chi connectivity index (χ0) is 21.3. The second-order valence-corrected chi connectivity index (χ2v) is 7.32. The Morgan fingerprint density at radius 3 is 2.13 bits per heavy atom. The number of likely N-dealkylation sites (N-methyl/N-ethyl adjacent to an activating group) is 1. The second kappa shape index (κ2) is 8.05. The molecule has 2 atom stereocenters. The van der Waals surface area contributed by atoms with E-state index < -0.39 is 17.5 Å². The minimum atomic E-state index is -1.27. The van der Waals surface area contributed by atoms with Crippen molar-refractivity contribution in [3.05, 3.63) is 77.4 Å². The van der Waals surface area contributed by atoms with E-state index in [0.29, 0.717) is 18.7 Å². The van der Waals surface area contributed by atoms with Crippen molar-refractivity contribution in [2.75, 3.05) is 19.6 Å². The quantitative estimate of drug-likeness (QED) is 0.589. The largest absolute Gasteiger partial charge is 0.429 e. The molecule has 2 aromatic rings. The molecule has 2 aliphatic heterocycles. The first kappa shape index (κ1) is 20.3. The number of ketones is 1. The van der Waals surface area contributed by atoms with E-state index >= 15 is 0 Å². The van der Waals surface area contributed by atoms with Crippen molar-refractivity contribution >= 4 is 17.4 Å². The van der Waals surface area contributed by atoms with E-state index in [4.69, 9.17) is 4.74 Å². The first-order chi connectivity index (χ1) is 14.6. The van der Waals surface area contributed by atoms with Crippen LogP contribution in [0.2, 0.25) is 0 Å². The molecule has 0 radical (unpaired) electrons. The van der Waals surface area contributed by atoms with Gasteiger partial charge in [0.05, 0.1) is 11.3 Å². The van der Waals surface area contributed by atoms with Crippen LogP contribution in [0, 0.1) is 0 Å². The van der Waals surface area contributed by atoms with Crippen molar-refractivity contribution in [2.45, 2.75) is 32.8 Å². The Labute approximate surface area is 177 Å². The van der Waals surface area contributed by atoms with Crippen LogP contribution < -0.4 is 5.32 Å². The van der Waals surface area contributed by atoms with Crippen LogP contribution in [-0.2, 0) is 20.1 Å². The smallest absolute Gasteiger partial charge is 0.381 e. The Morgan fingerprint density at radius 1 is 0.933 bits per heavy atom. The lowest BCUT2D eigenvalue weighted by atomic mass is 9.85. The zero-order valence-corrected chi connectivity index (χ0v) is 17.6. The van der Waals surface area contributed by atoms with Crippen molar-refractivity contribution in [3.8, 4) is 0 Å². The third kappa shape index (κ3) is 2.87. The molecule has 0 aromatic heterocycles. The van der Waals surface area contributed by atoms with Gasteiger partial charge in [-0.15, -0.1) is 0 Å². The summed E-state index contributed by atoms with van der Waals surface area (Å²) in [6.45, 7) is 8.08. The normalized spacial score (nSPS) is 24.2. The molecule has 6 heteroatoms. The summed E-state index contributed by atoms with van der Waals surface area (Å²) in [4.78, 5) is 30.2. The van der Waals surface area contributed by atoms with Crippen LogP contribution in [0.25, 0.3) is 5.70 Å². The minimum absolute atomic E-state index is 0.247. The molecule has 2 aliphatic rings. The van der Waals surface area contributed by atoms with Crippen molar-refractivity contribution in [1.29, 1.82) is 0 Å². The van der Waals surface area contributed by atoms with Crippen molar-refractivity contribution in [3.63, 3.8) is 0 Å². The number of hydrogen-bond donors (Lipinski definition) is 1. The molecule has 2 aromatic carbocycles. The van der Waals surface area contributed by atoms with Gasteiger partial charge >= 0.3 is 5.97 Å². The van der Waals surface area contributed by atoms with Gasteiger partial charge in [-0.2, -0.15) is 0 Å². The van der Waals surface area contributed by atoms with Gasteiger partial charge in [-0.1, -0.05) is 74.5 Å². The average Bonchev–Trinajstić information content (AvgIpc) is 3.05. The third-order valence-corrected chi connectivity index (χ3v) is 5.79. The third-order valence-electron chi connectivity index (χ3n) is 5.79. The molecule has 0 spiro atoms. The monoisotopic (exact) mass is 405 g/mol. The number of carbonyl (C=O) groups excluding carboxylic acids is 2. The number of nitrogens with zero attached hydrogens (tertiary/aromatic N) is 2. The van der Waals surface area contributed by atoms with Gasteiger partial charge in [0.15, 0.2) is 0 Å². The van der Waals surface area contributed by atoms with E-state index in [-0.39, 0.29) is 6.29 Å². The number of benzene rings is 2. The maximum absolute atomic E-state index is 13.3. The Bertz CT molecular complexity index is 974. The molecular weight excluding hydrogens is 378 g/mol. The first-order valence-corrected chi connectivity index (χ1v) is 10.5. The molecule has 156 valence electrons. The summed E-state index contributed by atoms with van der Waals surface area (Å²) >= 11 is 0. The van der Waals surface area contributed by atoms with Gasteiger partial charge in [0.1, 0.15) is 6.29 Å². The molecule has 6 nitrogen and oxygen atoms in total. The van der Waals surface area contributed by atoms with Gasteiger partial charge in [-0.3, -0.25) is 10.1 Å². The average molecular weight is 405 g/mol. The Kier molecular flexibility index (Phi) is 5.45. The summed E-state index contributed by atoms with van der Waals surface area (Å²) in [6, 6.07) is 19.3. The topological polar surface area (TPSA) is 61.9 Å². The van der Waals surface area contributed by atoms with Crippen LogP contribution in [0.4, 0.5) is 0 Å². The van der Waals surface area contributed by atoms with Crippen LogP contribution >= 0.6 is 0 Å². The fourth-order valence-electron chi connectivity index (χ4n) is 4.63. The highest BCUT2D eigenvalue weighted by Gasteiger charge is 2.62. The van der Waals surface area contributed by atoms with Crippen LogP contribution in [-0.4, -0.2) is 47.5 Å². The highest BCUT2D eigenvalue weighted by atomic mass is 16.6. The zero-order valence-electron chi connectivity index (χ0n) is 17.6. The lowest BCUT2D eigenvalue weighted by Gasteiger charge is -2.53. The molecule has 30 heavy (non-hydrogen) atoms. The van der Waals surface area contributed by atoms with Crippen molar-refractivity contribution in [2.24, 2.45) is 0 Å². The van der Waals surface area contributed by atoms with Crippen LogP contribution in [0.3, 0.4) is 0 Å². The predicted molar refractivity (Wildman–Crippen MR) is 115 cm³/mol. The second-order valence-electron chi connectivity index (χ2n) is 7.32. The first-order valence-electron chi connectivity index (χ1n) is 10.5. The molecule has 2 heterocycles. The minimum Gasteiger partial charge on any atom is -0.429 e. The Balaban J connectivity index is 2.11. The lowest BCUT2D eigenvalue weighted by molar-refractivity contribution is -0.183. The van der Waals surface area contributed by atoms with Gasteiger partial charge in [0, 0.05) is 18.7 Å². The lowest BCUT2D eigenvalue weighted by Crippen LogP contribution is -2.66. The van der Waals surface area contributed by atoms with Gasteiger partial charge in [-0.05, 0) is 19.0 Å². The van der Waals surface area contributed by atoms with Crippen LogP contribution in [0.5, 0.6) is 0 Å². The molecular formula is C24H27N3O3. The molecule has 1 fully saturated rings. The number of esters is 1. The van der Waals surface area contributed by atoms with Crippen molar-refractivity contribution in [1.82, 2.24) is 15.1 Å². The van der Waals surface area contributed by atoms with E-state index in [1.165, 1.54) is 0 Å². The molecule has 0 aliphatic carbocycles. The summed E-state index contributed by atoms with van der Waals surface area (Å²) in [5.74, 6) is -1.39. The van der Waals surface area contributed by atoms with Gasteiger partial charge in [0.25, 0.3) is 5.78 Å². The standard InChI is InChI=1S/C24H27N3O3/c1-4-25-23-26(5-2)20(17-13-9-7-10-14-17)19-21(28)22(29)30-24(19,27(23)6-3)18-15-11-8-12-16-18/h7-16,23,25H,4-6H2,1-3H3. The Hall–Kier alpha value is -2.96. The molecule has 2 unspecified atom stereocenters. The summed E-state index contributed by atoms with van der Waals surface area (Å²) in [5, 5.41) is 3.54. The number of carbonyl (C=O) groups is 2. The van der Waals surface area contributed by atoms with Gasteiger partial charge < -0.3 is 9.64 Å². The molecule has 4 rings (SSSR count). The number of Topliss-reactive ketones (excluding diaryl/α,β-unsaturated/α-hetero) is 1. The van der Waals surface area contributed by atoms with E-state index in [2.05, 4.69) is 22.0 Å². The maximum Gasteiger partial charge on any atom is 0.381 e. The van der Waals surface area contributed by atoms with Crippen molar-refractivity contribution < 1.29 is 14.3 Å². The highest BCUT2D eigenvalue weighted by molar-refractivity contribution is 6.44. The number of hydrogen-bond acceptors (Lipinski definition) is 6. The van der Waals surface area contributed by atoms with E-state index in [0.717, 1.165) is 23.4 Å². The summed E-state index contributed by atoms with van der Waals surface area (Å²) in [6.07, 6.45) is -0.247. The number of ether oxygens (including phenoxy) is 1. The van der Waals surface area contributed by atoms with Crippen LogP contribution in [0.1, 0.15) is 31.9 Å². The number of rotatable bonds is 6. The molecule has 1 N–H and O–H groups in total. The Morgan fingerprint density at radius 2 is 1.57 bits per heavy atom. The van der Waals surface area contributed by atoms with Gasteiger partial charge in [-0.25, -0.2) is 9.69 Å². The number of fused-ring (bicyclic) bond motifs is 1. The highest BCUT2D eigenvalue weighted by Crippen LogP contribution is 2.51. The fourth-order valence-corrected chi connectivity index (χ4v) is 4.63. The van der Waals surface area contributed by atoms with Crippen LogP contribution in [0.15, 0.2) is 66.2 Å². The van der Waals surface area contributed by atoms with E-state index in [9.17, 15) is 9.59 Å². The summed E-state index contributed by atoms with van der Waals surface area (Å²) < 4.78 is 5.99. The molecule has 0 saturated carbocycles. The van der Waals surface area contributed by atoms with E-state index in [1.54, 1.807) is 0 Å². The maximum atomic E-state index is 13.3. The SMILES string of the molecule is CCNC1N(CC)C(c2ccccc2)=C2C(=O)C(=O)OC2(c2ccccc2)N1CC. The number of nitrogens with one attached hydrogen (secondary N) is 1. The molecule has 0 bridgehead atoms. The fraction of sp³-hybridized carbons (Fsp3) is 0.333. The molecule has 0 amide bonds. The predicted octanol–water partition coefficient (Wildman–Crippen LogP) is 2.93. The van der Waals surface area contributed by atoms with E-state index in [1.807, 2.05) is 74.5 Å².